The molecule has 1 atom stereocenters. The molecule has 0 radical (unpaired) electrons. The van der Waals surface area contributed by atoms with Crippen molar-refractivity contribution in [2.45, 2.75) is 38.8 Å². The fourth-order valence-electron chi connectivity index (χ4n) is 1.78. The van der Waals surface area contributed by atoms with E-state index in [0.29, 0.717) is 18.1 Å². The summed E-state index contributed by atoms with van der Waals surface area (Å²) in [6.07, 6.45) is 2.51. The zero-order valence-corrected chi connectivity index (χ0v) is 8.91. The molecule has 1 aliphatic rings. The number of hydrogen-bond donors (Lipinski definition) is 0. The van der Waals surface area contributed by atoms with E-state index >= 15 is 0 Å². The molecule has 1 amide bonds. The van der Waals surface area contributed by atoms with E-state index in [1.54, 1.807) is 14.0 Å². The minimum atomic E-state index is 0.161. The summed E-state index contributed by atoms with van der Waals surface area (Å²) in [5, 5.41) is 0. The minimum absolute atomic E-state index is 0.161. The van der Waals surface area contributed by atoms with Gasteiger partial charge in [0.05, 0.1) is 6.10 Å². The summed E-state index contributed by atoms with van der Waals surface area (Å²) in [5.41, 5.74) is 0. The largest absolute Gasteiger partial charge is 0.381 e. The maximum absolute atomic E-state index is 11.0. The smallest absolute Gasteiger partial charge is 0.219 e. The van der Waals surface area contributed by atoms with Gasteiger partial charge in [0.2, 0.25) is 5.91 Å². The van der Waals surface area contributed by atoms with Crippen molar-refractivity contribution in [1.29, 1.82) is 0 Å². The van der Waals surface area contributed by atoms with E-state index in [-0.39, 0.29) is 5.91 Å². The first-order chi connectivity index (χ1) is 6.06. The SMILES string of the molecule is COC(C)C1CC(N(C)C(C)=O)C1. The van der Waals surface area contributed by atoms with Crippen LogP contribution in [-0.4, -0.2) is 37.1 Å². The Morgan fingerprint density at radius 3 is 2.46 bits per heavy atom. The van der Waals surface area contributed by atoms with Gasteiger partial charge in [-0.2, -0.15) is 0 Å². The quantitative estimate of drug-likeness (QED) is 0.663. The molecule has 0 aromatic carbocycles. The van der Waals surface area contributed by atoms with Gasteiger partial charge >= 0.3 is 0 Å². The number of hydrogen-bond acceptors (Lipinski definition) is 2. The van der Waals surface area contributed by atoms with Crippen molar-refractivity contribution in [3.05, 3.63) is 0 Å². The van der Waals surface area contributed by atoms with Gasteiger partial charge in [0.15, 0.2) is 0 Å². The molecule has 3 nitrogen and oxygen atoms in total. The van der Waals surface area contributed by atoms with Crippen molar-refractivity contribution in [1.82, 2.24) is 4.90 Å². The molecular formula is C10H19NO2. The van der Waals surface area contributed by atoms with Crippen LogP contribution >= 0.6 is 0 Å². The zero-order chi connectivity index (χ0) is 10.0. The van der Waals surface area contributed by atoms with E-state index in [1.165, 1.54) is 0 Å². The fourth-order valence-corrected chi connectivity index (χ4v) is 1.78. The molecule has 1 saturated carbocycles. The lowest BCUT2D eigenvalue weighted by atomic mass is 9.76. The van der Waals surface area contributed by atoms with Crippen LogP contribution < -0.4 is 0 Å². The number of carbonyl (C=O) groups excluding carboxylic acids is 1. The van der Waals surface area contributed by atoms with Gasteiger partial charge in [-0.1, -0.05) is 0 Å². The molecule has 1 aliphatic carbocycles. The average molecular weight is 185 g/mol. The van der Waals surface area contributed by atoms with Crippen LogP contribution in [0.4, 0.5) is 0 Å². The molecule has 1 rings (SSSR count). The summed E-state index contributed by atoms with van der Waals surface area (Å²) in [6.45, 7) is 3.71. The average Bonchev–Trinajstić information content (AvgIpc) is 2.00. The third kappa shape index (κ3) is 2.21. The lowest BCUT2D eigenvalue weighted by Crippen LogP contribution is -2.47. The second-order valence-corrected chi connectivity index (χ2v) is 3.96. The molecule has 0 aliphatic heterocycles. The van der Waals surface area contributed by atoms with Crippen molar-refractivity contribution >= 4 is 5.91 Å². The summed E-state index contributed by atoms with van der Waals surface area (Å²) >= 11 is 0. The molecule has 0 saturated heterocycles. The number of rotatable bonds is 3. The second-order valence-electron chi connectivity index (χ2n) is 3.96. The first kappa shape index (κ1) is 10.5. The Kier molecular flexibility index (Phi) is 3.31. The van der Waals surface area contributed by atoms with Gasteiger partial charge in [-0.3, -0.25) is 4.79 Å². The standard InChI is InChI=1S/C10H19NO2/c1-7(13-4)9-5-10(6-9)11(3)8(2)12/h7,9-10H,5-6H2,1-4H3. The monoisotopic (exact) mass is 185 g/mol. The van der Waals surface area contributed by atoms with Crippen molar-refractivity contribution in [2.24, 2.45) is 5.92 Å². The number of methoxy groups -OCH3 is 1. The Balaban J connectivity index is 2.29. The maximum Gasteiger partial charge on any atom is 0.219 e. The predicted molar refractivity (Wildman–Crippen MR) is 51.4 cm³/mol. The summed E-state index contributed by atoms with van der Waals surface area (Å²) in [7, 11) is 3.62. The highest BCUT2D eigenvalue weighted by Gasteiger charge is 2.36. The van der Waals surface area contributed by atoms with Gasteiger partial charge in [0.25, 0.3) is 0 Å². The van der Waals surface area contributed by atoms with E-state index < -0.39 is 0 Å². The molecule has 0 spiro atoms. The van der Waals surface area contributed by atoms with E-state index in [2.05, 4.69) is 6.92 Å². The third-order valence-electron chi connectivity index (χ3n) is 3.23. The van der Waals surface area contributed by atoms with Gasteiger partial charge in [-0.15, -0.1) is 0 Å². The lowest BCUT2D eigenvalue weighted by Gasteiger charge is -2.43. The number of ether oxygens (including phenoxy) is 1. The summed E-state index contributed by atoms with van der Waals surface area (Å²) in [5.74, 6) is 0.797. The third-order valence-corrected chi connectivity index (χ3v) is 3.23. The number of nitrogens with zero attached hydrogens (tertiary/aromatic N) is 1. The predicted octanol–water partition coefficient (Wildman–Crippen LogP) is 1.28. The van der Waals surface area contributed by atoms with Crippen molar-refractivity contribution in [2.75, 3.05) is 14.2 Å². The van der Waals surface area contributed by atoms with Crippen molar-refractivity contribution in [3.63, 3.8) is 0 Å². The molecule has 76 valence electrons. The Morgan fingerprint density at radius 2 is 2.08 bits per heavy atom. The van der Waals surface area contributed by atoms with E-state index in [4.69, 9.17) is 4.74 Å². The maximum atomic E-state index is 11.0. The van der Waals surface area contributed by atoms with Crippen LogP contribution in [0, 0.1) is 5.92 Å². The normalized spacial score (nSPS) is 29.2. The Labute approximate surface area is 80.1 Å². The van der Waals surface area contributed by atoms with Crippen LogP contribution in [0.2, 0.25) is 0 Å². The number of amides is 1. The van der Waals surface area contributed by atoms with Crippen LogP contribution in [-0.2, 0) is 9.53 Å². The van der Waals surface area contributed by atoms with Gasteiger partial charge in [0.1, 0.15) is 0 Å². The lowest BCUT2D eigenvalue weighted by molar-refractivity contribution is -0.133. The second kappa shape index (κ2) is 4.09. The fraction of sp³-hybridized carbons (Fsp3) is 0.900. The van der Waals surface area contributed by atoms with E-state index in [0.717, 1.165) is 12.8 Å². The van der Waals surface area contributed by atoms with Crippen molar-refractivity contribution in [3.8, 4) is 0 Å². The Bertz CT molecular complexity index is 187. The van der Waals surface area contributed by atoms with Crippen LogP contribution in [0.25, 0.3) is 0 Å². The topological polar surface area (TPSA) is 29.5 Å². The molecule has 1 fully saturated rings. The van der Waals surface area contributed by atoms with Crippen LogP contribution in [0.5, 0.6) is 0 Å². The summed E-state index contributed by atoms with van der Waals surface area (Å²) in [6, 6.07) is 0.445. The highest BCUT2D eigenvalue weighted by Crippen LogP contribution is 2.34. The van der Waals surface area contributed by atoms with Gasteiger partial charge in [-0.05, 0) is 25.7 Å². The molecule has 3 heteroatoms. The van der Waals surface area contributed by atoms with Crippen LogP contribution in [0.15, 0.2) is 0 Å². The molecule has 1 unspecified atom stereocenters. The van der Waals surface area contributed by atoms with E-state index in [1.807, 2.05) is 11.9 Å². The van der Waals surface area contributed by atoms with Gasteiger partial charge in [0, 0.05) is 27.1 Å². The first-order valence-electron chi connectivity index (χ1n) is 4.82. The number of carbonyl (C=O) groups is 1. The zero-order valence-electron chi connectivity index (χ0n) is 8.91. The van der Waals surface area contributed by atoms with Crippen LogP contribution in [0.1, 0.15) is 26.7 Å². The molecule has 0 aromatic rings. The van der Waals surface area contributed by atoms with Gasteiger partial charge in [-0.25, -0.2) is 0 Å². The molecule has 0 heterocycles. The van der Waals surface area contributed by atoms with E-state index in [9.17, 15) is 4.79 Å². The van der Waals surface area contributed by atoms with Crippen molar-refractivity contribution < 1.29 is 9.53 Å². The summed E-state index contributed by atoms with van der Waals surface area (Å²) in [4.78, 5) is 12.9. The highest BCUT2D eigenvalue weighted by atomic mass is 16.5. The molecular weight excluding hydrogens is 166 g/mol. The first-order valence-corrected chi connectivity index (χ1v) is 4.82. The minimum Gasteiger partial charge on any atom is -0.381 e. The molecule has 0 bridgehead atoms. The van der Waals surface area contributed by atoms with Crippen LogP contribution in [0.3, 0.4) is 0 Å². The highest BCUT2D eigenvalue weighted by molar-refractivity contribution is 5.73. The Morgan fingerprint density at radius 1 is 1.54 bits per heavy atom. The molecule has 0 N–H and O–H groups in total. The molecule has 0 aromatic heterocycles. The molecule has 13 heavy (non-hydrogen) atoms. The van der Waals surface area contributed by atoms with Gasteiger partial charge < -0.3 is 9.64 Å². The Hall–Kier alpha value is -0.570. The summed E-state index contributed by atoms with van der Waals surface area (Å²) < 4.78 is 5.24.